The molecule has 0 radical (unpaired) electrons. The number of hydrogen-bond donors (Lipinski definition) is 3. The lowest BCUT2D eigenvalue weighted by Gasteiger charge is -2.30. The number of benzene rings is 1. The number of carbonyl (C=O) groups is 1. The van der Waals surface area contributed by atoms with Crippen LogP contribution < -0.4 is 11.5 Å². The van der Waals surface area contributed by atoms with Crippen molar-refractivity contribution in [2.24, 2.45) is 5.73 Å². The molecule has 0 spiro atoms. The number of alkyl halides is 6. The first-order chi connectivity index (χ1) is 17.4. The van der Waals surface area contributed by atoms with Gasteiger partial charge in [-0.25, -0.2) is 23.2 Å². The zero-order valence-electron chi connectivity index (χ0n) is 19.6. The third-order valence-electron chi connectivity index (χ3n) is 5.59. The molecular formula is C21H22F6N6O4S. The van der Waals surface area contributed by atoms with Gasteiger partial charge in [-0.15, -0.1) is 0 Å². The predicted octanol–water partition coefficient (Wildman–Crippen LogP) is 3.05. The fraction of sp³-hybridized carbons (Fsp3) is 0.381. The Morgan fingerprint density at radius 3 is 2.37 bits per heavy atom. The van der Waals surface area contributed by atoms with E-state index in [9.17, 15) is 34.8 Å². The van der Waals surface area contributed by atoms with Crippen LogP contribution in [0, 0.1) is 6.92 Å². The minimum absolute atomic E-state index is 0.0372. The van der Waals surface area contributed by atoms with Crippen molar-refractivity contribution >= 4 is 27.5 Å². The summed E-state index contributed by atoms with van der Waals surface area (Å²) in [5.41, 5.74) is 11.9. The fourth-order valence-corrected chi connectivity index (χ4v) is 5.29. The van der Waals surface area contributed by atoms with E-state index >= 15 is 0 Å². The van der Waals surface area contributed by atoms with Crippen molar-refractivity contribution in [2.75, 3.05) is 18.8 Å². The van der Waals surface area contributed by atoms with Crippen LogP contribution in [0.15, 0.2) is 35.5 Å². The van der Waals surface area contributed by atoms with E-state index in [0.29, 0.717) is 24.1 Å². The van der Waals surface area contributed by atoms with Gasteiger partial charge < -0.3 is 16.6 Å². The molecule has 38 heavy (non-hydrogen) atoms. The van der Waals surface area contributed by atoms with Gasteiger partial charge in [0.2, 0.25) is 10.0 Å². The number of carboxylic acids is 1. The average Bonchev–Trinajstić information content (AvgIpc) is 3.23. The van der Waals surface area contributed by atoms with Gasteiger partial charge in [-0.3, -0.25) is 4.40 Å². The van der Waals surface area contributed by atoms with Crippen LogP contribution in [0.2, 0.25) is 0 Å². The van der Waals surface area contributed by atoms with Gasteiger partial charge in [0.05, 0.1) is 16.8 Å². The Kier molecular flexibility index (Phi) is 7.95. The van der Waals surface area contributed by atoms with E-state index in [2.05, 4.69) is 9.97 Å². The van der Waals surface area contributed by atoms with Crippen LogP contribution in [0.25, 0.3) is 16.9 Å². The molecule has 1 unspecified atom stereocenters. The van der Waals surface area contributed by atoms with E-state index < -0.39 is 34.0 Å². The molecule has 0 amide bonds. The van der Waals surface area contributed by atoms with E-state index in [4.69, 9.17) is 21.4 Å². The van der Waals surface area contributed by atoms with Gasteiger partial charge in [-0.1, -0.05) is 6.07 Å². The highest BCUT2D eigenvalue weighted by atomic mass is 32.2. The zero-order chi connectivity index (χ0) is 28.6. The number of rotatable bonds is 3. The number of anilines is 1. The number of piperidine rings is 1. The van der Waals surface area contributed by atoms with Crippen molar-refractivity contribution < 1.29 is 44.7 Å². The van der Waals surface area contributed by atoms with Crippen molar-refractivity contribution in [1.82, 2.24) is 18.7 Å². The lowest BCUT2D eigenvalue weighted by molar-refractivity contribution is -0.192. The van der Waals surface area contributed by atoms with E-state index in [1.54, 1.807) is 13.0 Å². The minimum atomic E-state index is -5.08. The van der Waals surface area contributed by atoms with E-state index in [1.165, 1.54) is 27.0 Å². The Morgan fingerprint density at radius 2 is 1.82 bits per heavy atom. The predicted molar refractivity (Wildman–Crippen MR) is 122 cm³/mol. The summed E-state index contributed by atoms with van der Waals surface area (Å²) >= 11 is 0. The summed E-state index contributed by atoms with van der Waals surface area (Å²) in [5.74, 6) is -3.13. The largest absolute Gasteiger partial charge is 0.490 e. The SMILES string of the molecule is Cc1ccc(S(=O)(=O)N2CCCC(N)C2)cc1-c1cnc2c(N)nc(C(F)(F)F)cn12.O=C(O)C(F)(F)F. The van der Waals surface area contributed by atoms with Gasteiger partial charge in [-0.2, -0.15) is 30.6 Å². The molecule has 17 heteroatoms. The highest BCUT2D eigenvalue weighted by Gasteiger charge is 2.38. The summed E-state index contributed by atoms with van der Waals surface area (Å²) in [7, 11) is -3.81. The summed E-state index contributed by atoms with van der Waals surface area (Å²) < 4.78 is 100. The van der Waals surface area contributed by atoms with Crippen molar-refractivity contribution in [3.63, 3.8) is 0 Å². The summed E-state index contributed by atoms with van der Waals surface area (Å²) in [6, 6.07) is 4.30. The maximum absolute atomic E-state index is 13.2. The Morgan fingerprint density at radius 1 is 1.18 bits per heavy atom. The third kappa shape index (κ3) is 6.16. The molecule has 1 saturated heterocycles. The second-order valence-corrected chi connectivity index (χ2v) is 10.3. The highest BCUT2D eigenvalue weighted by molar-refractivity contribution is 7.89. The zero-order valence-corrected chi connectivity index (χ0v) is 20.4. The molecular weight excluding hydrogens is 546 g/mol. The van der Waals surface area contributed by atoms with Gasteiger partial charge in [0.1, 0.15) is 0 Å². The van der Waals surface area contributed by atoms with Crippen molar-refractivity contribution in [3.8, 4) is 11.3 Å². The topological polar surface area (TPSA) is 157 Å². The maximum atomic E-state index is 13.2. The minimum Gasteiger partial charge on any atom is -0.475 e. The number of nitrogen functional groups attached to an aromatic ring is 1. The molecule has 10 nitrogen and oxygen atoms in total. The smallest absolute Gasteiger partial charge is 0.475 e. The molecule has 3 aromatic rings. The number of hydrogen-bond acceptors (Lipinski definition) is 7. The highest BCUT2D eigenvalue weighted by Crippen LogP contribution is 2.33. The number of aryl methyl sites for hydroxylation is 1. The Hall–Kier alpha value is -3.44. The quantitative estimate of drug-likeness (QED) is 0.407. The molecule has 208 valence electrons. The number of imidazole rings is 1. The number of sulfonamides is 1. The van der Waals surface area contributed by atoms with Crippen molar-refractivity contribution in [1.29, 1.82) is 0 Å². The van der Waals surface area contributed by atoms with Gasteiger partial charge in [-0.05, 0) is 37.5 Å². The van der Waals surface area contributed by atoms with Crippen LogP contribution in [0.4, 0.5) is 32.2 Å². The molecule has 1 aromatic carbocycles. The third-order valence-corrected chi connectivity index (χ3v) is 7.46. The Labute approximate surface area is 211 Å². The van der Waals surface area contributed by atoms with Gasteiger partial charge in [0.25, 0.3) is 0 Å². The van der Waals surface area contributed by atoms with Crippen LogP contribution >= 0.6 is 0 Å². The van der Waals surface area contributed by atoms with Gasteiger partial charge in [0, 0.05) is 30.9 Å². The number of nitrogens with two attached hydrogens (primary N) is 2. The van der Waals surface area contributed by atoms with E-state index in [-0.39, 0.29) is 34.6 Å². The molecule has 2 aromatic heterocycles. The second-order valence-electron chi connectivity index (χ2n) is 8.39. The molecule has 1 fully saturated rings. The van der Waals surface area contributed by atoms with Crippen molar-refractivity contribution in [3.05, 3.63) is 41.9 Å². The normalized spacial score (nSPS) is 17.2. The van der Waals surface area contributed by atoms with Crippen LogP contribution in [0.1, 0.15) is 24.1 Å². The lowest BCUT2D eigenvalue weighted by Crippen LogP contribution is -2.45. The Bertz CT molecular complexity index is 1450. The molecule has 1 aliphatic heterocycles. The van der Waals surface area contributed by atoms with Crippen molar-refractivity contribution in [2.45, 2.75) is 43.1 Å². The van der Waals surface area contributed by atoms with E-state index in [0.717, 1.165) is 12.6 Å². The van der Waals surface area contributed by atoms with Gasteiger partial charge >= 0.3 is 18.3 Å². The number of halogens is 6. The molecule has 0 saturated carbocycles. The number of aromatic nitrogens is 3. The monoisotopic (exact) mass is 568 g/mol. The second kappa shape index (κ2) is 10.4. The molecule has 1 atom stereocenters. The number of carboxylic acid groups (broad SMARTS) is 1. The standard InChI is InChI=1S/C19H21F3N6O2S.C2HF3O2/c1-11-4-5-13(31(29,30)27-6-2-3-12(23)9-27)7-14(11)15-8-25-18-17(24)26-16(10-28(15)18)19(20,21)22;3-2(4,5)1(6)7/h4-5,7-8,10,12H,2-3,6,9,23H2,1H3,(H2,24,26);(H,6,7). The summed E-state index contributed by atoms with van der Waals surface area (Å²) in [4.78, 5) is 16.4. The first kappa shape index (κ1) is 29.1. The van der Waals surface area contributed by atoms with Crippen LogP contribution in [-0.2, 0) is 21.0 Å². The fourth-order valence-electron chi connectivity index (χ4n) is 3.73. The molecule has 3 heterocycles. The first-order valence-corrected chi connectivity index (χ1v) is 12.2. The molecule has 0 bridgehead atoms. The van der Waals surface area contributed by atoms with Gasteiger partial charge in [0.15, 0.2) is 17.2 Å². The number of aliphatic carboxylic acids is 1. The van der Waals surface area contributed by atoms with Crippen LogP contribution in [0.5, 0.6) is 0 Å². The Balaban J connectivity index is 0.000000505. The maximum Gasteiger partial charge on any atom is 0.490 e. The van der Waals surface area contributed by atoms with Crippen LogP contribution in [0.3, 0.4) is 0 Å². The van der Waals surface area contributed by atoms with Crippen LogP contribution in [-0.4, -0.2) is 63.5 Å². The van der Waals surface area contributed by atoms with E-state index in [1.807, 2.05) is 0 Å². The molecule has 5 N–H and O–H groups in total. The summed E-state index contributed by atoms with van der Waals surface area (Å²) in [6.45, 7) is 2.32. The number of fused-ring (bicyclic) bond motifs is 1. The summed E-state index contributed by atoms with van der Waals surface area (Å²) in [6.07, 6.45) is -6.21. The average molecular weight is 569 g/mol. The molecule has 0 aliphatic carbocycles. The number of nitrogens with zero attached hydrogens (tertiary/aromatic N) is 4. The first-order valence-electron chi connectivity index (χ1n) is 10.8. The lowest BCUT2D eigenvalue weighted by atomic mass is 10.1. The molecule has 1 aliphatic rings. The molecule has 4 rings (SSSR count). The summed E-state index contributed by atoms with van der Waals surface area (Å²) in [5, 5.41) is 7.12.